The Bertz CT molecular complexity index is 980. The molecule has 210 valence electrons. The number of nitrogens with one attached hydrogen (secondary N) is 3. The second-order valence-electron chi connectivity index (χ2n) is 9.14. The molecule has 1 aromatic carbocycles. The Kier molecular flexibility index (Phi) is 12.5. The van der Waals surface area contributed by atoms with Gasteiger partial charge in [0.2, 0.25) is 23.6 Å². The van der Waals surface area contributed by atoms with Crippen molar-refractivity contribution in [3.05, 3.63) is 35.9 Å². The quantitative estimate of drug-likeness (QED) is 0.166. The van der Waals surface area contributed by atoms with E-state index in [1.54, 1.807) is 24.3 Å². The van der Waals surface area contributed by atoms with Crippen LogP contribution in [0.25, 0.3) is 0 Å². The number of likely N-dealkylation sites (tertiary alicyclic amines) is 1. The fourth-order valence-corrected chi connectivity index (χ4v) is 4.53. The summed E-state index contributed by atoms with van der Waals surface area (Å²) in [6.45, 7) is 1.02. The van der Waals surface area contributed by atoms with Crippen molar-refractivity contribution in [1.82, 2.24) is 20.9 Å². The number of carboxylic acids is 1. The number of carbonyl (C=O) groups excluding carboxylic acids is 4. The minimum atomic E-state index is -1.21. The number of carbonyl (C=O) groups is 5. The fraction of sp³-hybridized carbons (Fsp3) is 0.560. The maximum atomic E-state index is 13.6. The van der Waals surface area contributed by atoms with E-state index in [4.69, 9.17) is 10.8 Å². The Morgan fingerprint density at radius 2 is 1.76 bits per heavy atom. The first-order chi connectivity index (χ1) is 18.1. The number of aliphatic carboxylic acids is 1. The molecule has 0 unspecified atom stereocenters. The van der Waals surface area contributed by atoms with E-state index in [2.05, 4.69) is 16.0 Å². The Labute approximate surface area is 226 Å². The van der Waals surface area contributed by atoms with Crippen molar-refractivity contribution >= 4 is 41.4 Å². The van der Waals surface area contributed by atoms with Crippen LogP contribution in [-0.2, 0) is 30.4 Å². The number of rotatable bonds is 14. The second kappa shape index (κ2) is 15.3. The third-order valence-electron chi connectivity index (χ3n) is 6.24. The summed E-state index contributed by atoms with van der Waals surface area (Å²) in [6, 6.07) is 3.83. The fourth-order valence-electron chi connectivity index (χ4n) is 4.06. The van der Waals surface area contributed by atoms with Crippen molar-refractivity contribution in [1.29, 1.82) is 0 Å². The molecule has 4 amide bonds. The van der Waals surface area contributed by atoms with Crippen molar-refractivity contribution < 1.29 is 34.2 Å². The Hall–Kier alpha value is -3.16. The van der Waals surface area contributed by atoms with E-state index in [-0.39, 0.29) is 19.4 Å². The predicted molar refractivity (Wildman–Crippen MR) is 142 cm³/mol. The van der Waals surface area contributed by atoms with Crippen LogP contribution in [-0.4, -0.2) is 100 Å². The summed E-state index contributed by atoms with van der Waals surface area (Å²) in [5.74, 6) is -2.97. The lowest BCUT2D eigenvalue weighted by Crippen LogP contribution is -2.58. The average Bonchev–Trinajstić information content (AvgIpc) is 3.40. The Morgan fingerprint density at radius 3 is 2.37 bits per heavy atom. The number of benzene rings is 1. The van der Waals surface area contributed by atoms with Crippen LogP contribution < -0.4 is 21.7 Å². The highest BCUT2D eigenvalue weighted by atomic mass is 32.2. The van der Waals surface area contributed by atoms with Gasteiger partial charge in [-0.1, -0.05) is 30.3 Å². The molecule has 0 radical (unpaired) electrons. The number of nitrogens with two attached hydrogens (primary N) is 1. The van der Waals surface area contributed by atoms with Crippen LogP contribution in [0.3, 0.4) is 0 Å². The largest absolute Gasteiger partial charge is 0.480 e. The number of aliphatic hydroxyl groups is 1. The minimum Gasteiger partial charge on any atom is -0.480 e. The van der Waals surface area contributed by atoms with Gasteiger partial charge in [-0.05, 0) is 43.8 Å². The molecule has 38 heavy (non-hydrogen) atoms. The molecule has 0 aromatic heterocycles. The maximum absolute atomic E-state index is 13.6. The maximum Gasteiger partial charge on any atom is 0.325 e. The summed E-state index contributed by atoms with van der Waals surface area (Å²) in [5.41, 5.74) is 6.42. The molecule has 0 aliphatic carbocycles. The van der Waals surface area contributed by atoms with Gasteiger partial charge in [-0.15, -0.1) is 0 Å². The van der Waals surface area contributed by atoms with Crippen molar-refractivity contribution in [2.75, 3.05) is 25.2 Å². The molecular weight excluding hydrogens is 514 g/mol. The monoisotopic (exact) mass is 551 g/mol. The van der Waals surface area contributed by atoms with E-state index >= 15 is 0 Å². The standard InChI is InChI=1S/C25H37N5O7S/c1-15(25(36)37)27-22(33)18(10-12-38-2)28-23(34)20-9-6-11-30(20)24(35)19(29-21(32)17(26)14-31)13-16-7-4-3-5-8-16/h3-5,7-8,15,17-20,31H,6,9-14,26H2,1-2H3,(H,27,33)(H,28,34)(H,29,32)(H,36,37)/t15-,17-,18-,19-,20-/m0/s1. The first-order valence-electron chi connectivity index (χ1n) is 12.4. The van der Waals surface area contributed by atoms with Gasteiger partial charge in [0, 0.05) is 13.0 Å². The lowest BCUT2D eigenvalue weighted by atomic mass is 10.0. The highest BCUT2D eigenvalue weighted by Gasteiger charge is 2.39. The van der Waals surface area contributed by atoms with Gasteiger partial charge in [0.05, 0.1) is 6.61 Å². The van der Waals surface area contributed by atoms with Gasteiger partial charge in [-0.3, -0.25) is 24.0 Å². The van der Waals surface area contributed by atoms with Crippen molar-refractivity contribution in [3.8, 4) is 0 Å². The summed E-state index contributed by atoms with van der Waals surface area (Å²) in [6.07, 6.45) is 3.18. The molecule has 0 bridgehead atoms. The number of hydrogen-bond donors (Lipinski definition) is 6. The number of thioether (sulfide) groups is 1. The van der Waals surface area contributed by atoms with E-state index in [0.717, 1.165) is 5.56 Å². The van der Waals surface area contributed by atoms with Gasteiger partial charge in [0.1, 0.15) is 30.2 Å². The van der Waals surface area contributed by atoms with E-state index < -0.39 is 66.4 Å². The smallest absolute Gasteiger partial charge is 0.325 e. The molecule has 0 saturated carbocycles. The first-order valence-corrected chi connectivity index (χ1v) is 13.8. The molecule has 12 nitrogen and oxygen atoms in total. The van der Waals surface area contributed by atoms with E-state index in [1.165, 1.54) is 23.6 Å². The first kappa shape index (κ1) is 31.1. The molecule has 1 heterocycles. The SMILES string of the molecule is CSCC[C@H](NC(=O)[C@@H]1CCCN1C(=O)[C@H](Cc1ccccc1)NC(=O)[C@@H](N)CO)C(=O)N[C@@H](C)C(=O)O. The Balaban J connectivity index is 2.20. The molecule has 0 spiro atoms. The zero-order valence-corrected chi connectivity index (χ0v) is 22.4. The highest BCUT2D eigenvalue weighted by Crippen LogP contribution is 2.20. The normalized spacial score (nSPS) is 18.1. The number of hydrogen-bond acceptors (Lipinski definition) is 8. The third kappa shape index (κ3) is 8.99. The van der Waals surface area contributed by atoms with Crippen LogP contribution in [0.5, 0.6) is 0 Å². The molecule has 1 aliphatic heterocycles. The molecule has 1 fully saturated rings. The van der Waals surface area contributed by atoms with Crippen molar-refractivity contribution in [2.45, 2.75) is 62.8 Å². The van der Waals surface area contributed by atoms with Crippen LogP contribution in [0.1, 0.15) is 31.7 Å². The molecule has 1 aromatic rings. The summed E-state index contributed by atoms with van der Waals surface area (Å²) in [4.78, 5) is 64.5. The van der Waals surface area contributed by atoms with E-state index in [1.807, 2.05) is 12.3 Å². The zero-order chi connectivity index (χ0) is 28.2. The number of carboxylic acid groups (broad SMARTS) is 1. The number of nitrogens with zero attached hydrogens (tertiary/aromatic N) is 1. The predicted octanol–water partition coefficient (Wildman–Crippen LogP) is -1.15. The van der Waals surface area contributed by atoms with Gasteiger partial charge in [-0.25, -0.2) is 0 Å². The second-order valence-corrected chi connectivity index (χ2v) is 10.1. The lowest BCUT2D eigenvalue weighted by molar-refractivity contribution is -0.143. The van der Waals surface area contributed by atoms with Crippen LogP contribution in [0.2, 0.25) is 0 Å². The topological polar surface area (TPSA) is 191 Å². The highest BCUT2D eigenvalue weighted by molar-refractivity contribution is 7.98. The third-order valence-corrected chi connectivity index (χ3v) is 6.89. The Morgan fingerprint density at radius 1 is 1.08 bits per heavy atom. The van der Waals surface area contributed by atoms with Crippen LogP contribution in [0.4, 0.5) is 0 Å². The average molecular weight is 552 g/mol. The number of aliphatic hydroxyl groups excluding tert-OH is 1. The van der Waals surface area contributed by atoms with Gasteiger partial charge < -0.3 is 36.8 Å². The van der Waals surface area contributed by atoms with Crippen molar-refractivity contribution in [2.24, 2.45) is 5.73 Å². The summed E-state index contributed by atoms with van der Waals surface area (Å²) < 4.78 is 0. The lowest BCUT2D eigenvalue weighted by Gasteiger charge is -2.30. The van der Waals surface area contributed by atoms with Gasteiger partial charge in [-0.2, -0.15) is 11.8 Å². The summed E-state index contributed by atoms with van der Waals surface area (Å²) >= 11 is 1.47. The summed E-state index contributed by atoms with van der Waals surface area (Å²) in [7, 11) is 0. The minimum absolute atomic E-state index is 0.153. The van der Waals surface area contributed by atoms with E-state index in [9.17, 15) is 29.1 Å². The zero-order valence-electron chi connectivity index (χ0n) is 21.6. The van der Waals surface area contributed by atoms with Gasteiger partial charge in [0.25, 0.3) is 0 Å². The number of amides is 4. The van der Waals surface area contributed by atoms with Gasteiger partial charge >= 0.3 is 5.97 Å². The van der Waals surface area contributed by atoms with E-state index in [0.29, 0.717) is 18.6 Å². The van der Waals surface area contributed by atoms with Crippen LogP contribution in [0, 0.1) is 0 Å². The summed E-state index contributed by atoms with van der Waals surface area (Å²) in [5, 5.41) is 26.0. The molecule has 1 aliphatic rings. The molecule has 7 N–H and O–H groups in total. The molecule has 1 saturated heterocycles. The molecule has 2 rings (SSSR count). The van der Waals surface area contributed by atoms with Gasteiger partial charge in [0.15, 0.2) is 0 Å². The molecule has 13 heteroatoms. The molecular formula is C25H37N5O7S. The van der Waals surface area contributed by atoms with Crippen LogP contribution in [0.15, 0.2) is 30.3 Å². The van der Waals surface area contributed by atoms with Crippen LogP contribution >= 0.6 is 11.8 Å². The van der Waals surface area contributed by atoms with Crippen molar-refractivity contribution in [3.63, 3.8) is 0 Å². The molecule has 5 atom stereocenters.